The molecular formula is C17H24ClN3O2. The molecule has 6 heteroatoms. The van der Waals surface area contributed by atoms with Crippen LogP contribution in [0.2, 0.25) is 0 Å². The first-order valence-corrected chi connectivity index (χ1v) is 7.88. The summed E-state index contributed by atoms with van der Waals surface area (Å²) in [5, 5.41) is 6.36. The molecule has 126 valence electrons. The summed E-state index contributed by atoms with van der Waals surface area (Å²) < 4.78 is 0. The molecule has 2 aliphatic rings. The number of nitrogens with zero attached hydrogens (tertiary/aromatic N) is 1. The Morgan fingerprint density at radius 1 is 1.30 bits per heavy atom. The fourth-order valence-electron chi connectivity index (χ4n) is 3.40. The molecule has 0 radical (unpaired) electrons. The third-order valence-corrected chi connectivity index (χ3v) is 5.08. The Morgan fingerprint density at radius 2 is 2.00 bits per heavy atom. The van der Waals surface area contributed by atoms with Crippen molar-refractivity contribution in [1.29, 1.82) is 0 Å². The summed E-state index contributed by atoms with van der Waals surface area (Å²) in [6.07, 6.45) is 3.20. The molecule has 1 aliphatic heterocycles. The lowest BCUT2D eigenvalue weighted by Crippen LogP contribution is -2.31. The van der Waals surface area contributed by atoms with Gasteiger partial charge in [0, 0.05) is 31.3 Å². The molecule has 3 rings (SSSR count). The largest absolute Gasteiger partial charge is 0.326 e. The lowest BCUT2D eigenvalue weighted by Gasteiger charge is -2.23. The van der Waals surface area contributed by atoms with Gasteiger partial charge in [-0.1, -0.05) is 6.07 Å². The first-order valence-electron chi connectivity index (χ1n) is 7.88. The van der Waals surface area contributed by atoms with Crippen LogP contribution < -0.4 is 15.5 Å². The normalized spacial score (nSPS) is 21.2. The Labute approximate surface area is 143 Å². The van der Waals surface area contributed by atoms with Crippen molar-refractivity contribution in [2.24, 2.45) is 11.3 Å². The van der Waals surface area contributed by atoms with Gasteiger partial charge in [-0.05, 0) is 56.0 Å². The van der Waals surface area contributed by atoms with Crippen molar-refractivity contribution >= 4 is 35.6 Å². The highest BCUT2D eigenvalue weighted by molar-refractivity contribution is 5.96. The van der Waals surface area contributed by atoms with Crippen molar-refractivity contribution < 1.29 is 9.59 Å². The minimum atomic E-state index is -0.0284. The van der Waals surface area contributed by atoms with Gasteiger partial charge in [0.25, 0.3) is 0 Å². The molecule has 1 saturated heterocycles. The van der Waals surface area contributed by atoms with Gasteiger partial charge in [-0.25, -0.2) is 0 Å². The number of hydrogen-bond donors (Lipinski definition) is 2. The molecule has 1 heterocycles. The molecule has 0 bridgehead atoms. The van der Waals surface area contributed by atoms with Crippen LogP contribution >= 0.6 is 12.4 Å². The predicted octanol–water partition coefficient (Wildman–Crippen LogP) is 2.42. The van der Waals surface area contributed by atoms with E-state index in [2.05, 4.69) is 10.6 Å². The van der Waals surface area contributed by atoms with Crippen LogP contribution in [-0.2, 0) is 9.59 Å². The second-order valence-electron chi connectivity index (χ2n) is 6.49. The Bertz CT molecular complexity index is 599. The Balaban J connectivity index is 0.00000192. The summed E-state index contributed by atoms with van der Waals surface area (Å²) >= 11 is 0. The maximum atomic E-state index is 12.5. The number of hydrogen-bond acceptors (Lipinski definition) is 3. The highest BCUT2D eigenvalue weighted by Gasteiger charge is 2.57. The quantitative estimate of drug-likeness (QED) is 0.890. The SMILES string of the molecule is CC(=O)N(C)c1cccc(NC(=O)C2CC23CCNCC3)c1.Cl. The lowest BCUT2D eigenvalue weighted by atomic mass is 9.92. The highest BCUT2D eigenvalue weighted by atomic mass is 35.5. The molecule has 0 aromatic heterocycles. The molecule has 2 amide bonds. The Morgan fingerprint density at radius 3 is 2.65 bits per heavy atom. The molecule has 2 fully saturated rings. The van der Waals surface area contributed by atoms with Crippen LogP contribution in [0.5, 0.6) is 0 Å². The second-order valence-corrected chi connectivity index (χ2v) is 6.49. The summed E-state index contributed by atoms with van der Waals surface area (Å²) in [7, 11) is 1.73. The number of halogens is 1. The van der Waals surface area contributed by atoms with E-state index >= 15 is 0 Å². The van der Waals surface area contributed by atoms with Gasteiger partial charge in [-0.3, -0.25) is 9.59 Å². The zero-order valence-corrected chi connectivity index (χ0v) is 14.4. The van der Waals surface area contributed by atoms with Crippen molar-refractivity contribution in [2.75, 3.05) is 30.4 Å². The molecule has 1 aliphatic carbocycles. The number of rotatable bonds is 3. The predicted molar refractivity (Wildman–Crippen MR) is 94.0 cm³/mol. The number of nitrogens with one attached hydrogen (secondary N) is 2. The third kappa shape index (κ3) is 3.67. The number of amides is 2. The first-order chi connectivity index (χ1) is 10.5. The topological polar surface area (TPSA) is 61.4 Å². The number of anilines is 2. The van der Waals surface area contributed by atoms with Gasteiger partial charge in [-0.15, -0.1) is 12.4 Å². The highest BCUT2D eigenvalue weighted by Crippen LogP contribution is 2.58. The summed E-state index contributed by atoms with van der Waals surface area (Å²) in [6, 6.07) is 7.43. The van der Waals surface area contributed by atoms with Crippen molar-refractivity contribution in [3.63, 3.8) is 0 Å². The average molecular weight is 338 g/mol. The Hall–Kier alpha value is -1.59. The number of carbonyl (C=O) groups is 2. The molecule has 1 aromatic rings. The summed E-state index contributed by atoms with van der Waals surface area (Å²) in [5.41, 5.74) is 1.78. The maximum Gasteiger partial charge on any atom is 0.228 e. The van der Waals surface area contributed by atoms with E-state index in [9.17, 15) is 9.59 Å². The molecule has 1 saturated carbocycles. The maximum absolute atomic E-state index is 12.5. The van der Waals surface area contributed by atoms with E-state index in [1.54, 1.807) is 11.9 Å². The molecule has 1 unspecified atom stereocenters. The van der Waals surface area contributed by atoms with Crippen LogP contribution in [0, 0.1) is 11.3 Å². The first kappa shape index (κ1) is 17.8. The minimum absolute atomic E-state index is 0. The van der Waals surface area contributed by atoms with Crippen molar-refractivity contribution in [3.8, 4) is 0 Å². The van der Waals surface area contributed by atoms with Crippen molar-refractivity contribution in [1.82, 2.24) is 5.32 Å². The van der Waals surface area contributed by atoms with E-state index in [4.69, 9.17) is 0 Å². The van der Waals surface area contributed by atoms with E-state index < -0.39 is 0 Å². The van der Waals surface area contributed by atoms with Crippen molar-refractivity contribution in [2.45, 2.75) is 26.2 Å². The lowest BCUT2D eigenvalue weighted by molar-refractivity contribution is -0.118. The second kappa shape index (κ2) is 6.89. The van der Waals surface area contributed by atoms with E-state index in [1.165, 1.54) is 6.92 Å². The van der Waals surface area contributed by atoms with Crippen LogP contribution in [0.25, 0.3) is 0 Å². The third-order valence-electron chi connectivity index (χ3n) is 5.08. The fraction of sp³-hybridized carbons (Fsp3) is 0.529. The van der Waals surface area contributed by atoms with Gasteiger partial charge in [0.2, 0.25) is 11.8 Å². The van der Waals surface area contributed by atoms with Crippen LogP contribution in [-0.4, -0.2) is 32.0 Å². The number of carbonyl (C=O) groups excluding carboxylic acids is 2. The molecule has 5 nitrogen and oxygen atoms in total. The van der Waals surface area contributed by atoms with Crippen LogP contribution in [0.1, 0.15) is 26.2 Å². The summed E-state index contributed by atoms with van der Waals surface area (Å²) in [5.74, 6) is 0.229. The van der Waals surface area contributed by atoms with Gasteiger partial charge in [-0.2, -0.15) is 0 Å². The van der Waals surface area contributed by atoms with Crippen LogP contribution in [0.4, 0.5) is 11.4 Å². The molecule has 1 aromatic carbocycles. The van der Waals surface area contributed by atoms with Crippen LogP contribution in [0.3, 0.4) is 0 Å². The van der Waals surface area contributed by atoms with Gasteiger partial charge >= 0.3 is 0 Å². The standard InChI is InChI=1S/C17H23N3O2.ClH/c1-12(21)20(2)14-5-3-4-13(10-14)19-16(22)15-11-17(15)6-8-18-9-7-17;/h3-5,10,15,18H,6-9,11H2,1-2H3,(H,19,22);1H. The zero-order chi connectivity index (χ0) is 15.7. The van der Waals surface area contributed by atoms with E-state index in [1.807, 2.05) is 24.3 Å². The summed E-state index contributed by atoms with van der Waals surface area (Å²) in [4.78, 5) is 25.5. The minimum Gasteiger partial charge on any atom is -0.326 e. The van der Waals surface area contributed by atoms with Gasteiger partial charge in [0.15, 0.2) is 0 Å². The number of piperidine rings is 1. The van der Waals surface area contributed by atoms with Gasteiger partial charge < -0.3 is 15.5 Å². The fourth-order valence-corrected chi connectivity index (χ4v) is 3.40. The smallest absolute Gasteiger partial charge is 0.228 e. The van der Waals surface area contributed by atoms with Crippen molar-refractivity contribution in [3.05, 3.63) is 24.3 Å². The van der Waals surface area contributed by atoms with Gasteiger partial charge in [0.05, 0.1) is 0 Å². The van der Waals surface area contributed by atoms with E-state index in [-0.39, 0.29) is 35.6 Å². The van der Waals surface area contributed by atoms with E-state index in [0.717, 1.165) is 43.7 Å². The monoisotopic (exact) mass is 337 g/mol. The molecule has 1 spiro atoms. The molecule has 2 N–H and O–H groups in total. The molecule has 23 heavy (non-hydrogen) atoms. The average Bonchev–Trinajstić information content (AvgIpc) is 3.20. The zero-order valence-electron chi connectivity index (χ0n) is 13.6. The van der Waals surface area contributed by atoms with E-state index in [0.29, 0.717) is 0 Å². The Kier molecular flexibility index (Phi) is 5.32. The molecule has 1 atom stereocenters. The summed E-state index contributed by atoms with van der Waals surface area (Å²) in [6.45, 7) is 3.56. The van der Waals surface area contributed by atoms with Crippen LogP contribution in [0.15, 0.2) is 24.3 Å². The molecular weight excluding hydrogens is 314 g/mol. The van der Waals surface area contributed by atoms with Gasteiger partial charge in [0.1, 0.15) is 0 Å². The number of benzene rings is 1.